The minimum absolute atomic E-state index is 0.139. The quantitative estimate of drug-likeness (QED) is 0.893. The van der Waals surface area contributed by atoms with E-state index in [4.69, 9.17) is 10.5 Å². The number of benzene rings is 1. The van der Waals surface area contributed by atoms with E-state index in [1.54, 1.807) is 7.11 Å². The van der Waals surface area contributed by atoms with Gasteiger partial charge in [-0.3, -0.25) is 4.90 Å². The van der Waals surface area contributed by atoms with Crippen LogP contribution in [0.2, 0.25) is 0 Å². The van der Waals surface area contributed by atoms with Crippen LogP contribution in [0.1, 0.15) is 20.3 Å². The summed E-state index contributed by atoms with van der Waals surface area (Å²) in [6, 6.07) is 8.30. The molecule has 0 aromatic heterocycles. The van der Waals surface area contributed by atoms with E-state index in [1.807, 2.05) is 6.07 Å². The summed E-state index contributed by atoms with van der Waals surface area (Å²) in [6.07, 6.45) is 1.10. The zero-order valence-electron chi connectivity index (χ0n) is 12.9. The summed E-state index contributed by atoms with van der Waals surface area (Å²) in [5, 5.41) is 0. The van der Waals surface area contributed by atoms with Crippen LogP contribution in [-0.4, -0.2) is 50.3 Å². The van der Waals surface area contributed by atoms with Crippen molar-refractivity contribution in [1.29, 1.82) is 0 Å². The lowest BCUT2D eigenvalue weighted by Crippen LogP contribution is -2.58. The fourth-order valence-corrected chi connectivity index (χ4v) is 2.81. The van der Waals surface area contributed by atoms with E-state index < -0.39 is 0 Å². The van der Waals surface area contributed by atoms with Crippen LogP contribution < -0.4 is 15.4 Å². The molecule has 1 atom stereocenters. The summed E-state index contributed by atoms with van der Waals surface area (Å²) in [6.45, 7) is 9.45. The summed E-state index contributed by atoms with van der Waals surface area (Å²) in [4.78, 5) is 4.95. The Hall–Kier alpha value is -1.26. The largest absolute Gasteiger partial charge is 0.497 e. The molecule has 1 aromatic rings. The average Bonchev–Trinajstić information content (AvgIpc) is 2.54. The Balaban J connectivity index is 2.00. The number of piperazine rings is 1. The lowest BCUT2D eigenvalue weighted by Gasteiger charge is -2.45. The predicted molar refractivity (Wildman–Crippen MR) is 84.5 cm³/mol. The first-order chi connectivity index (χ1) is 9.62. The highest BCUT2D eigenvalue weighted by Gasteiger charge is 2.31. The molecule has 2 rings (SSSR count). The zero-order chi connectivity index (χ0) is 14.6. The number of anilines is 1. The Morgan fingerprint density at radius 2 is 1.95 bits per heavy atom. The molecule has 0 radical (unpaired) electrons. The molecule has 20 heavy (non-hydrogen) atoms. The van der Waals surface area contributed by atoms with Gasteiger partial charge in [-0.1, -0.05) is 13.0 Å². The van der Waals surface area contributed by atoms with Gasteiger partial charge in [0.25, 0.3) is 0 Å². The van der Waals surface area contributed by atoms with E-state index in [0.717, 1.165) is 44.9 Å². The van der Waals surface area contributed by atoms with Gasteiger partial charge in [-0.25, -0.2) is 0 Å². The number of methoxy groups -OCH3 is 1. The first-order valence-corrected chi connectivity index (χ1v) is 7.47. The summed E-state index contributed by atoms with van der Waals surface area (Å²) in [5.41, 5.74) is 7.34. The van der Waals surface area contributed by atoms with Gasteiger partial charge in [-0.15, -0.1) is 0 Å². The van der Waals surface area contributed by atoms with Crippen molar-refractivity contribution in [1.82, 2.24) is 4.90 Å². The van der Waals surface area contributed by atoms with Gasteiger partial charge in [0.15, 0.2) is 0 Å². The maximum absolute atomic E-state index is 5.96. The van der Waals surface area contributed by atoms with Crippen molar-refractivity contribution in [2.45, 2.75) is 25.8 Å². The van der Waals surface area contributed by atoms with E-state index in [-0.39, 0.29) is 5.54 Å². The fraction of sp³-hybridized carbons (Fsp3) is 0.625. The maximum Gasteiger partial charge on any atom is 0.120 e. The fourth-order valence-electron chi connectivity index (χ4n) is 2.81. The Bertz CT molecular complexity index is 423. The van der Waals surface area contributed by atoms with Gasteiger partial charge in [0.1, 0.15) is 5.75 Å². The zero-order valence-corrected chi connectivity index (χ0v) is 12.9. The van der Waals surface area contributed by atoms with Crippen LogP contribution >= 0.6 is 0 Å². The van der Waals surface area contributed by atoms with Gasteiger partial charge in [0.2, 0.25) is 0 Å². The van der Waals surface area contributed by atoms with Crippen molar-refractivity contribution in [2.24, 2.45) is 5.73 Å². The number of nitrogens with two attached hydrogens (primary N) is 1. The Labute approximate surface area is 122 Å². The molecule has 112 valence electrons. The molecule has 1 heterocycles. The van der Waals surface area contributed by atoms with Crippen molar-refractivity contribution in [3.63, 3.8) is 0 Å². The van der Waals surface area contributed by atoms with Gasteiger partial charge < -0.3 is 15.4 Å². The van der Waals surface area contributed by atoms with Crippen molar-refractivity contribution in [3.05, 3.63) is 24.3 Å². The normalized spacial score (nSPS) is 19.7. The molecule has 0 amide bonds. The smallest absolute Gasteiger partial charge is 0.120 e. The first-order valence-electron chi connectivity index (χ1n) is 7.47. The van der Waals surface area contributed by atoms with Crippen LogP contribution in [0.25, 0.3) is 0 Å². The standard InChI is InChI=1S/C16H27N3O/c1-4-16(2,13-17)19-10-8-18(9-11-19)14-6-5-7-15(12-14)20-3/h5-7,12H,4,8-11,13,17H2,1-3H3. The van der Waals surface area contributed by atoms with Crippen LogP contribution in [0, 0.1) is 0 Å². The Morgan fingerprint density at radius 3 is 2.50 bits per heavy atom. The summed E-state index contributed by atoms with van der Waals surface area (Å²) in [5.74, 6) is 0.922. The second-order valence-corrected chi connectivity index (χ2v) is 5.73. The maximum atomic E-state index is 5.96. The van der Waals surface area contributed by atoms with Crippen LogP contribution in [0.5, 0.6) is 5.75 Å². The molecule has 1 saturated heterocycles. The topological polar surface area (TPSA) is 41.7 Å². The van der Waals surface area contributed by atoms with Crippen LogP contribution in [0.15, 0.2) is 24.3 Å². The lowest BCUT2D eigenvalue weighted by atomic mass is 9.95. The Morgan fingerprint density at radius 1 is 1.25 bits per heavy atom. The van der Waals surface area contributed by atoms with Crippen LogP contribution in [0.4, 0.5) is 5.69 Å². The van der Waals surface area contributed by atoms with Crippen molar-refractivity contribution >= 4 is 5.69 Å². The Kier molecular flexibility index (Phi) is 4.89. The lowest BCUT2D eigenvalue weighted by molar-refractivity contribution is 0.0988. The monoisotopic (exact) mass is 277 g/mol. The number of nitrogens with zero attached hydrogens (tertiary/aromatic N) is 2. The highest BCUT2D eigenvalue weighted by atomic mass is 16.5. The van der Waals surface area contributed by atoms with Gasteiger partial charge in [-0.2, -0.15) is 0 Å². The van der Waals surface area contributed by atoms with Crippen molar-refractivity contribution in [2.75, 3.05) is 44.7 Å². The van der Waals surface area contributed by atoms with E-state index in [0.29, 0.717) is 0 Å². The molecule has 1 aromatic carbocycles. The summed E-state index contributed by atoms with van der Waals surface area (Å²) < 4.78 is 5.30. The third kappa shape index (κ3) is 3.07. The molecule has 1 aliphatic rings. The van der Waals surface area contributed by atoms with Gasteiger partial charge in [0, 0.05) is 50.0 Å². The van der Waals surface area contributed by atoms with E-state index in [1.165, 1.54) is 5.69 Å². The number of hydrogen-bond donors (Lipinski definition) is 1. The molecule has 1 aliphatic heterocycles. The molecule has 0 bridgehead atoms. The minimum Gasteiger partial charge on any atom is -0.497 e. The molecule has 1 fully saturated rings. The van der Waals surface area contributed by atoms with Crippen molar-refractivity contribution in [3.8, 4) is 5.75 Å². The second-order valence-electron chi connectivity index (χ2n) is 5.73. The summed E-state index contributed by atoms with van der Waals surface area (Å²) >= 11 is 0. The number of rotatable bonds is 5. The molecular formula is C16H27N3O. The number of ether oxygens (including phenoxy) is 1. The summed E-state index contributed by atoms with van der Waals surface area (Å²) in [7, 11) is 1.71. The van der Waals surface area contributed by atoms with Gasteiger partial charge >= 0.3 is 0 Å². The molecular weight excluding hydrogens is 250 g/mol. The third-order valence-corrected chi connectivity index (χ3v) is 4.66. The van der Waals surface area contributed by atoms with Crippen molar-refractivity contribution < 1.29 is 4.74 Å². The highest BCUT2D eigenvalue weighted by molar-refractivity contribution is 5.51. The van der Waals surface area contributed by atoms with Crippen LogP contribution in [-0.2, 0) is 0 Å². The van der Waals surface area contributed by atoms with E-state index in [2.05, 4.69) is 41.8 Å². The predicted octanol–water partition coefficient (Wildman–Crippen LogP) is 1.94. The van der Waals surface area contributed by atoms with Gasteiger partial charge in [0.05, 0.1) is 7.11 Å². The third-order valence-electron chi connectivity index (χ3n) is 4.66. The average molecular weight is 277 g/mol. The SMILES string of the molecule is CCC(C)(CN)N1CCN(c2cccc(OC)c2)CC1. The second kappa shape index (κ2) is 6.46. The first kappa shape index (κ1) is 15.1. The molecule has 0 spiro atoms. The van der Waals surface area contributed by atoms with Crippen LogP contribution in [0.3, 0.4) is 0 Å². The van der Waals surface area contributed by atoms with E-state index in [9.17, 15) is 0 Å². The highest BCUT2D eigenvalue weighted by Crippen LogP contribution is 2.25. The number of hydrogen-bond acceptors (Lipinski definition) is 4. The minimum atomic E-state index is 0.139. The molecule has 2 N–H and O–H groups in total. The molecule has 4 heteroatoms. The molecule has 0 aliphatic carbocycles. The molecule has 4 nitrogen and oxygen atoms in total. The van der Waals surface area contributed by atoms with E-state index >= 15 is 0 Å². The molecule has 0 saturated carbocycles. The van der Waals surface area contributed by atoms with Gasteiger partial charge in [-0.05, 0) is 25.5 Å². The molecule has 1 unspecified atom stereocenters.